The summed E-state index contributed by atoms with van der Waals surface area (Å²) in [6, 6.07) is 22.2. The van der Waals surface area contributed by atoms with Gasteiger partial charge in [0.15, 0.2) is 11.6 Å². The molecule has 3 aromatic carbocycles. The summed E-state index contributed by atoms with van der Waals surface area (Å²) in [7, 11) is 0. The van der Waals surface area contributed by atoms with E-state index in [9.17, 15) is 10.1 Å². The third-order valence-electron chi connectivity index (χ3n) is 4.16. The van der Waals surface area contributed by atoms with Gasteiger partial charge in [-0.2, -0.15) is 0 Å². The van der Waals surface area contributed by atoms with E-state index >= 15 is 0 Å². The molecule has 0 aromatic heterocycles. The third kappa shape index (κ3) is 2.77. The standard InChI is InChI=1S/C20H15N3O3/c1-14-7-9-15(10-8-14)20-21-26-19-13-17(23(24)25)11-12-18(19)22(20)16-5-3-2-4-6-16/h2-13H,1H3. The quantitative estimate of drug-likeness (QED) is 0.505. The fraction of sp³-hybridized carbons (Fsp3) is 0.0500. The molecule has 26 heavy (non-hydrogen) atoms. The maximum absolute atomic E-state index is 11.1. The van der Waals surface area contributed by atoms with Crippen LogP contribution in [0.5, 0.6) is 5.75 Å². The van der Waals surface area contributed by atoms with Crippen LogP contribution < -0.4 is 9.74 Å². The van der Waals surface area contributed by atoms with Gasteiger partial charge < -0.3 is 4.84 Å². The van der Waals surface area contributed by atoms with Gasteiger partial charge in [0.1, 0.15) is 0 Å². The molecule has 4 rings (SSSR count). The van der Waals surface area contributed by atoms with E-state index in [1.54, 1.807) is 6.07 Å². The number of hydrogen-bond acceptors (Lipinski definition) is 5. The van der Waals surface area contributed by atoms with Crippen molar-refractivity contribution in [3.8, 4) is 5.75 Å². The summed E-state index contributed by atoms with van der Waals surface area (Å²) in [5.74, 6) is 0.969. The van der Waals surface area contributed by atoms with Crippen LogP contribution in [0.15, 0.2) is 78.0 Å². The Morgan fingerprint density at radius 1 is 1.00 bits per heavy atom. The minimum Gasteiger partial charge on any atom is -0.352 e. The Morgan fingerprint density at radius 3 is 2.42 bits per heavy atom. The summed E-state index contributed by atoms with van der Waals surface area (Å²) in [6.07, 6.45) is 0. The number of oxime groups is 1. The number of nitro benzene ring substituents is 1. The molecule has 0 unspecified atom stereocenters. The van der Waals surface area contributed by atoms with Gasteiger partial charge in [0.05, 0.1) is 16.7 Å². The van der Waals surface area contributed by atoms with Crippen LogP contribution in [0.25, 0.3) is 0 Å². The maximum Gasteiger partial charge on any atom is 0.273 e. The summed E-state index contributed by atoms with van der Waals surface area (Å²) in [5, 5.41) is 15.3. The Kier molecular flexibility index (Phi) is 3.85. The molecule has 0 bridgehead atoms. The molecule has 1 aliphatic heterocycles. The molecule has 1 heterocycles. The fourth-order valence-electron chi connectivity index (χ4n) is 2.84. The average molecular weight is 345 g/mol. The van der Waals surface area contributed by atoms with Crippen LogP contribution in [0.1, 0.15) is 11.1 Å². The number of hydrogen-bond donors (Lipinski definition) is 0. The smallest absolute Gasteiger partial charge is 0.273 e. The van der Waals surface area contributed by atoms with E-state index in [0.29, 0.717) is 17.3 Å². The molecule has 0 amide bonds. The van der Waals surface area contributed by atoms with E-state index in [-0.39, 0.29) is 5.69 Å². The van der Waals surface area contributed by atoms with Crippen molar-refractivity contribution in [1.82, 2.24) is 0 Å². The van der Waals surface area contributed by atoms with Gasteiger partial charge >= 0.3 is 0 Å². The summed E-state index contributed by atoms with van der Waals surface area (Å²) < 4.78 is 0. The van der Waals surface area contributed by atoms with Crippen molar-refractivity contribution >= 4 is 22.9 Å². The summed E-state index contributed by atoms with van der Waals surface area (Å²) in [5.41, 5.74) is 3.60. The minimum absolute atomic E-state index is 0.0363. The zero-order chi connectivity index (χ0) is 18.1. The van der Waals surface area contributed by atoms with E-state index in [2.05, 4.69) is 5.16 Å². The minimum atomic E-state index is -0.449. The van der Waals surface area contributed by atoms with E-state index in [1.165, 1.54) is 12.1 Å². The molecule has 1 aliphatic rings. The second-order valence-electron chi connectivity index (χ2n) is 5.95. The topological polar surface area (TPSA) is 68.0 Å². The van der Waals surface area contributed by atoms with Gasteiger partial charge in [0, 0.05) is 17.3 Å². The highest BCUT2D eigenvalue weighted by Gasteiger charge is 2.27. The van der Waals surface area contributed by atoms with Crippen molar-refractivity contribution in [2.24, 2.45) is 5.16 Å². The molecule has 0 radical (unpaired) electrons. The van der Waals surface area contributed by atoms with Crippen LogP contribution in [0.3, 0.4) is 0 Å². The normalized spacial score (nSPS) is 12.8. The highest BCUT2D eigenvalue weighted by atomic mass is 16.6. The average Bonchev–Trinajstić information content (AvgIpc) is 2.68. The van der Waals surface area contributed by atoms with Crippen molar-refractivity contribution in [1.29, 1.82) is 0 Å². The molecule has 0 N–H and O–H groups in total. The van der Waals surface area contributed by atoms with Gasteiger partial charge in [0.2, 0.25) is 0 Å². The summed E-state index contributed by atoms with van der Waals surface area (Å²) >= 11 is 0. The molecule has 0 atom stereocenters. The third-order valence-corrected chi connectivity index (χ3v) is 4.16. The molecular weight excluding hydrogens is 330 g/mol. The highest BCUT2D eigenvalue weighted by Crippen LogP contribution is 2.40. The molecular formula is C20H15N3O3. The van der Waals surface area contributed by atoms with Gasteiger partial charge in [-0.3, -0.25) is 15.0 Å². The van der Waals surface area contributed by atoms with Gasteiger partial charge in [-0.05, 0) is 25.1 Å². The van der Waals surface area contributed by atoms with Crippen molar-refractivity contribution in [3.63, 3.8) is 0 Å². The number of aryl methyl sites for hydroxylation is 1. The lowest BCUT2D eigenvalue weighted by Gasteiger charge is -2.30. The number of benzene rings is 3. The largest absolute Gasteiger partial charge is 0.352 e. The highest BCUT2D eigenvalue weighted by molar-refractivity contribution is 6.15. The van der Waals surface area contributed by atoms with Crippen molar-refractivity contribution < 1.29 is 9.76 Å². The van der Waals surface area contributed by atoms with Gasteiger partial charge in [-0.25, -0.2) is 0 Å². The molecule has 6 heteroatoms. The number of para-hydroxylation sites is 1. The van der Waals surface area contributed by atoms with Gasteiger partial charge in [0.25, 0.3) is 5.69 Å². The molecule has 0 saturated carbocycles. The second-order valence-corrected chi connectivity index (χ2v) is 5.95. The molecule has 6 nitrogen and oxygen atoms in total. The first-order chi connectivity index (χ1) is 12.6. The first-order valence-electron chi connectivity index (χ1n) is 8.09. The second kappa shape index (κ2) is 6.33. The van der Waals surface area contributed by atoms with Crippen molar-refractivity contribution in [2.45, 2.75) is 6.92 Å². The number of non-ortho nitro benzene ring substituents is 1. The Bertz CT molecular complexity index is 999. The molecule has 128 valence electrons. The van der Waals surface area contributed by atoms with Crippen LogP contribution in [0.4, 0.5) is 17.1 Å². The van der Waals surface area contributed by atoms with Crippen molar-refractivity contribution in [2.75, 3.05) is 4.90 Å². The maximum atomic E-state index is 11.1. The molecule has 0 fully saturated rings. The Morgan fingerprint density at radius 2 is 1.73 bits per heavy atom. The zero-order valence-electron chi connectivity index (χ0n) is 14.0. The van der Waals surface area contributed by atoms with E-state index in [0.717, 1.165) is 16.8 Å². The first-order valence-corrected chi connectivity index (χ1v) is 8.09. The number of rotatable bonds is 3. The SMILES string of the molecule is Cc1ccc(C2=NOc3cc([N+](=O)[O-])ccc3N2c2ccccc2)cc1. The Hall–Kier alpha value is -3.67. The van der Waals surface area contributed by atoms with Crippen LogP contribution >= 0.6 is 0 Å². The number of nitrogens with zero attached hydrogens (tertiary/aromatic N) is 3. The lowest BCUT2D eigenvalue weighted by Crippen LogP contribution is -2.30. The predicted octanol–water partition coefficient (Wildman–Crippen LogP) is 4.80. The lowest BCUT2D eigenvalue weighted by atomic mass is 10.1. The molecule has 0 spiro atoms. The van der Waals surface area contributed by atoms with Crippen LogP contribution in [-0.4, -0.2) is 10.8 Å². The number of nitro groups is 1. The van der Waals surface area contributed by atoms with Crippen LogP contribution in [0, 0.1) is 17.0 Å². The predicted molar refractivity (Wildman–Crippen MR) is 100 cm³/mol. The molecule has 0 saturated heterocycles. The molecule has 3 aromatic rings. The zero-order valence-corrected chi connectivity index (χ0v) is 14.0. The molecule has 0 aliphatic carbocycles. The number of fused-ring (bicyclic) bond motifs is 1. The van der Waals surface area contributed by atoms with Crippen molar-refractivity contribution in [3.05, 3.63) is 94.0 Å². The Labute approximate surface area is 150 Å². The fourth-order valence-corrected chi connectivity index (χ4v) is 2.84. The summed E-state index contributed by atoms with van der Waals surface area (Å²) in [6.45, 7) is 2.02. The van der Waals surface area contributed by atoms with E-state index in [4.69, 9.17) is 4.84 Å². The van der Waals surface area contributed by atoms with Crippen LogP contribution in [-0.2, 0) is 0 Å². The Balaban J connectivity index is 1.87. The van der Waals surface area contributed by atoms with E-state index < -0.39 is 4.92 Å². The van der Waals surface area contributed by atoms with Crippen LogP contribution in [0.2, 0.25) is 0 Å². The summed E-state index contributed by atoms with van der Waals surface area (Å²) in [4.78, 5) is 18.1. The van der Waals surface area contributed by atoms with E-state index in [1.807, 2.05) is 66.4 Å². The number of anilines is 2. The van der Waals surface area contributed by atoms with Gasteiger partial charge in [-0.15, -0.1) is 0 Å². The monoisotopic (exact) mass is 345 g/mol. The lowest BCUT2D eigenvalue weighted by molar-refractivity contribution is -0.384. The van der Waals surface area contributed by atoms with Gasteiger partial charge in [-0.1, -0.05) is 53.2 Å². The number of amidine groups is 1. The first kappa shape index (κ1) is 15.8.